The number of rotatable bonds is 8. The topological polar surface area (TPSA) is 102 Å². The SMILES string of the molecule is CC(C)(COc1noc(C(=O)NC2C3CC4CC(C3)CC2C4)c1SC1CCCCC1)C(=O)O. The normalized spacial score (nSPS) is 31.5. The van der Waals surface area contributed by atoms with Crippen LogP contribution in [-0.4, -0.2) is 40.0 Å². The van der Waals surface area contributed by atoms with Crippen LogP contribution in [0.25, 0.3) is 0 Å². The predicted molar refractivity (Wildman–Crippen MR) is 124 cm³/mol. The molecule has 1 aromatic rings. The highest BCUT2D eigenvalue weighted by Crippen LogP contribution is 2.54. The summed E-state index contributed by atoms with van der Waals surface area (Å²) in [7, 11) is 0. The fraction of sp³-hybridized carbons (Fsp3) is 0.800. The van der Waals surface area contributed by atoms with Gasteiger partial charge < -0.3 is 19.7 Å². The van der Waals surface area contributed by atoms with E-state index in [4.69, 9.17) is 9.26 Å². The lowest BCUT2D eigenvalue weighted by Crippen LogP contribution is -2.55. The van der Waals surface area contributed by atoms with E-state index in [9.17, 15) is 14.7 Å². The molecule has 0 atom stereocenters. The van der Waals surface area contributed by atoms with Gasteiger partial charge in [-0.25, -0.2) is 0 Å². The number of ether oxygens (including phenoxy) is 1. The van der Waals surface area contributed by atoms with Crippen molar-refractivity contribution in [2.45, 2.75) is 94.2 Å². The highest BCUT2D eigenvalue weighted by atomic mass is 32.2. The maximum atomic E-state index is 13.4. The monoisotopic (exact) mass is 476 g/mol. The Hall–Kier alpha value is -1.70. The number of nitrogens with zero attached hydrogens (tertiary/aromatic N) is 1. The van der Waals surface area contributed by atoms with Gasteiger partial charge >= 0.3 is 5.97 Å². The van der Waals surface area contributed by atoms with Gasteiger partial charge in [-0.2, -0.15) is 0 Å². The van der Waals surface area contributed by atoms with Crippen LogP contribution in [0, 0.1) is 29.1 Å². The van der Waals surface area contributed by atoms with Crippen molar-refractivity contribution < 1.29 is 24.0 Å². The second-order valence-corrected chi connectivity index (χ2v) is 12.7. The van der Waals surface area contributed by atoms with Crippen LogP contribution in [0.4, 0.5) is 0 Å². The minimum atomic E-state index is -1.06. The highest BCUT2D eigenvalue weighted by Gasteiger charge is 2.49. The first-order chi connectivity index (χ1) is 15.8. The van der Waals surface area contributed by atoms with Gasteiger partial charge in [0, 0.05) is 11.3 Å². The molecule has 0 aromatic carbocycles. The molecule has 7 nitrogen and oxygen atoms in total. The summed E-state index contributed by atoms with van der Waals surface area (Å²) in [6, 6.07) is 0.221. The third-order valence-corrected chi connectivity index (χ3v) is 9.74. The predicted octanol–water partition coefficient (Wildman–Crippen LogP) is 5.14. The molecule has 0 saturated heterocycles. The van der Waals surface area contributed by atoms with E-state index in [1.165, 1.54) is 51.4 Å². The molecule has 5 aliphatic rings. The smallest absolute Gasteiger partial charge is 0.312 e. The zero-order chi connectivity index (χ0) is 23.2. The summed E-state index contributed by atoms with van der Waals surface area (Å²) in [5.74, 6) is 2.18. The molecule has 33 heavy (non-hydrogen) atoms. The summed E-state index contributed by atoms with van der Waals surface area (Å²) >= 11 is 1.61. The van der Waals surface area contributed by atoms with Gasteiger partial charge in [0.2, 0.25) is 5.76 Å². The van der Waals surface area contributed by atoms with Crippen molar-refractivity contribution in [1.29, 1.82) is 0 Å². The molecule has 6 rings (SSSR count). The van der Waals surface area contributed by atoms with E-state index in [1.807, 2.05) is 0 Å². The minimum Gasteiger partial charge on any atom is -0.481 e. The van der Waals surface area contributed by atoms with Crippen LogP contribution >= 0.6 is 11.8 Å². The number of hydrogen-bond acceptors (Lipinski definition) is 6. The van der Waals surface area contributed by atoms with Crippen molar-refractivity contribution >= 4 is 23.6 Å². The average Bonchev–Trinajstić information content (AvgIpc) is 3.17. The van der Waals surface area contributed by atoms with E-state index in [2.05, 4.69) is 10.5 Å². The van der Waals surface area contributed by atoms with Crippen molar-refractivity contribution in [3.05, 3.63) is 5.76 Å². The number of nitrogens with one attached hydrogen (secondary N) is 1. The molecule has 0 spiro atoms. The molecule has 1 heterocycles. The largest absolute Gasteiger partial charge is 0.481 e. The maximum absolute atomic E-state index is 13.4. The summed E-state index contributed by atoms with van der Waals surface area (Å²) in [6.45, 7) is 3.19. The molecule has 5 saturated carbocycles. The van der Waals surface area contributed by atoms with Crippen LogP contribution in [0.3, 0.4) is 0 Å². The van der Waals surface area contributed by atoms with Gasteiger partial charge in [-0.05, 0) is 87.6 Å². The van der Waals surface area contributed by atoms with E-state index in [0.29, 0.717) is 22.0 Å². The molecule has 1 amide bonds. The Morgan fingerprint density at radius 1 is 1.09 bits per heavy atom. The number of carboxylic acids is 1. The van der Waals surface area contributed by atoms with Gasteiger partial charge in [-0.1, -0.05) is 19.3 Å². The van der Waals surface area contributed by atoms with Crippen LogP contribution in [0.1, 0.15) is 88.6 Å². The molecule has 0 radical (unpaired) electrons. The van der Waals surface area contributed by atoms with Crippen molar-refractivity contribution in [2.24, 2.45) is 29.1 Å². The number of carbonyl (C=O) groups is 2. The first-order valence-electron chi connectivity index (χ1n) is 12.6. The summed E-state index contributed by atoms with van der Waals surface area (Å²) in [6.07, 6.45) is 12.1. The molecule has 1 aromatic heterocycles. The third kappa shape index (κ3) is 4.77. The number of carbonyl (C=O) groups excluding carboxylic acids is 1. The van der Waals surface area contributed by atoms with E-state index < -0.39 is 11.4 Å². The van der Waals surface area contributed by atoms with E-state index in [-0.39, 0.29) is 30.2 Å². The number of hydrogen-bond donors (Lipinski definition) is 2. The van der Waals surface area contributed by atoms with Crippen molar-refractivity contribution in [2.75, 3.05) is 6.61 Å². The van der Waals surface area contributed by atoms with Gasteiger partial charge in [0.25, 0.3) is 11.8 Å². The Morgan fingerprint density at radius 2 is 1.73 bits per heavy atom. The Kier molecular flexibility index (Phi) is 6.40. The fourth-order valence-electron chi connectivity index (χ4n) is 6.65. The second-order valence-electron chi connectivity index (χ2n) is 11.4. The molecule has 182 valence electrons. The summed E-state index contributed by atoms with van der Waals surface area (Å²) in [5.41, 5.74) is -1.06. The maximum Gasteiger partial charge on any atom is 0.312 e. The highest BCUT2D eigenvalue weighted by molar-refractivity contribution is 8.00. The van der Waals surface area contributed by atoms with Gasteiger partial charge in [0.15, 0.2) is 0 Å². The number of carboxylic acid groups (broad SMARTS) is 1. The zero-order valence-corrected chi connectivity index (χ0v) is 20.5. The second kappa shape index (κ2) is 9.16. The lowest BCUT2D eigenvalue weighted by molar-refractivity contribution is -0.148. The van der Waals surface area contributed by atoms with Gasteiger partial charge in [-0.3, -0.25) is 9.59 Å². The summed E-state index contributed by atoms with van der Waals surface area (Å²) < 4.78 is 11.4. The standard InChI is InChI=1S/C25H36N2O5S/c1-25(2,24(29)30)13-31-23-21(33-18-6-4-3-5-7-18)20(32-27-23)22(28)26-19-16-9-14-8-15(11-16)12-17(19)10-14/h14-19H,3-13H2,1-2H3,(H,26,28)(H,29,30). The molecular formula is C25H36N2O5S. The molecule has 0 unspecified atom stereocenters. The number of aliphatic carboxylic acids is 1. The zero-order valence-electron chi connectivity index (χ0n) is 19.7. The van der Waals surface area contributed by atoms with Crippen LogP contribution in [0.2, 0.25) is 0 Å². The molecule has 8 heteroatoms. The lowest BCUT2D eigenvalue weighted by Gasteiger charge is -2.54. The van der Waals surface area contributed by atoms with Crippen LogP contribution in [0.15, 0.2) is 9.42 Å². The van der Waals surface area contributed by atoms with Crippen LogP contribution < -0.4 is 10.1 Å². The first-order valence-corrected chi connectivity index (χ1v) is 13.5. The van der Waals surface area contributed by atoms with Crippen LogP contribution in [-0.2, 0) is 4.79 Å². The average molecular weight is 477 g/mol. The minimum absolute atomic E-state index is 0.0380. The van der Waals surface area contributed by atoms with Gasteiger partial charge in [0.1, 0.15) is 11.5 Å². The lowest BCUT2D eigenvalue weighted by atomic mass is 9.54. The Bertz CT molecular complexity index is 863. The molecule has 2 N–H and O–H groups in total. The first kappa shape index (κ1) is 23.1. The Balaban J connectivity index is 1.33. The van der Waals surface area contributed by atoms with E-state index >= 15 is 0 Å². The molecular weight excluding hydrogens is 440 g/mol. The Labute approximate surface area is 199 Å². The number of aromatic nitrogens is 1. The number of amides is 1. The molecule has 5 fully saturated rings. The van der Waals surface area contributed by atoms with Gasteiger partial charge in [0.05, 0.1) is 5.41 Å². The van der Waals surface area contributed by atoms with Crippen molar-refractivity contribution in [3.8, 4) is 5.88 Å². The molecule has 0 aliphatic heterocycles. The summed E-state index contributed by atoms with van der Waals surface area (Å²) in [5, 5.41) is 17.2. The van der Waals surface area contributed by atoms with Gasteiger partial charge in [-0.15, -0.1) is 11.8 Å². The quantitative estimate of drug-likeness (QED) is 0.535. The Morgan fingerprint density at radius 3 is 2.33 bits per heavy atom. The fourth-order valence-corrected chi connectivity index (χ4v) is 7.98. The van der Waals surface area contributed by atoms with Crippen molar-refractivity contribution in [3.63, 3.8) is 0 Å². The van der Waals surface area contributed by atoms with Crippen LogP contribution in [0.5, 0.6) is 5.88 Å². The molecule has 4 bridgehead atoms. The third-order valence-electron chi connectivity index (χ3n) is 8.34. The van der Waals surface area contributed by atoms with Crippen molar-refractivity contribution in [1.82, 2.24) is 10.5 Å². The van der Waals surface area contributed by atoms with E-state index in [0.717, 1.165) is 24.7 Å². The summed E-state index contributed by atoms with van der Waals surface area (Å²) in [4.78, 5) is 25.6. The van der Waals surface area contributed by atoms with E-state index in [1.54, 1.807) is 25.6 Å². The number of thioether (sulfide) groups is 1. The molecule has 5 aliphatic carbocycles.